The highest BCUT2D eigenvalue weighted by Gasteiger charge is 2.25. The number of nitrogens with zero attached hydrogens (tertiary/aromatic N) is 1. The second-order valence-electron chi connectivity index (χ2n) is 5.04. The van der Waals surface area contributed by atoms with Crippen LogP contribution in [0.3, 0.4) is 0 Å². The van der Waals surface area contributed by atoms with Gasteiger partial charge < -0.3 is 15.4 Å². The van der Waals surface area contributed by atoms with Gasteiger partial charge >= 0.3 is 0 Å². The summed E-state index contributed by atoms with van der Waals surface area (Å²) in [5, 5.41) is 0. The second kappa shape index (κ2) is 6.41. The van der Waals surface area contributed by atoms with E-state index in [2.05, 4.69) is 15.9 Å². The Labute approximate surface area is 127 Å². The molecule has 1 aliphatic carbocycles. The Hall–Kier alpha value is -1.33. The maximum Gasteiger partial charge on any atom is 0.229 e. The lowest BCUT2D eigenvalue weighted by molar-refractivity contribution is -0.133. The average molecular weight is 339 g/mol. The maximum atomic E-state index is 12.3. The van der Waals surface area contributed by atoms with Crippen LogP contribution < -0.4 is 10.5 Å². The minimum Gasteiger partial charge on any atom is -0.496 e. The van der Waals surface area contributed by atoms with E-state index in [1.807, 2.05) is 30.4 Å². The van der Waals surface area contributed by atoms with Crippen LogP contribution in [0, 0.1) is 5.92 Å². The summed E-state index contributed by atoms with van der Waals surface area (Å²) in [5.74, 6) is 0.774. The van der Waals surface area contributed by atoms with Crippen LogP contribution >= 0.6 is 15.9 Å². The number of nitrogens with two attached hydrogens (primary N) is 1. The van der Waals surface area contributed by atoms with E-state index in [9.17, 15) is 4.79 Å². The van der Waals surface area contributed by atoms with Gasteiger partial charge in [0.25, 0.3) is 0 Å². The van der Waals surface area contributed by atoms with Gasteiger partial charge in [0, 0.05) is 29.7 Å². The molecule has 0 saturated carbocycles. The van der Waals surface area contributed by atoms with E-state index in [1.54, 1.807) is 19.1 Å². The number of rotatable bonds is 4. The summed E-state index contributed by atoms with van der Waals surface area (Å²) >= 11 is 3.44. The molecule has 2 N–H and O–H groups in total. The number of methoxy groups -OCH3 is 1. The van der Waals surface area contributed by atoms with Gasteiger partial charge in [-0.05, 0) is 24.6 Å². The van der Waals surface area contributed by atoms with Crippen molar-refractivity contribution in [2.75, 3.05) is 14.2 Å². The molecule has 5 heteroatoms. The fraction of sp³-hybridized carbons (Fsp3) is 0.400. The Morgan fingerprint density at radius 1 is 1.50 bits per heavy atom. The van der Waals surface area contributed by atoms with Crippen LogP contribution in [0.2, 0.25) is 0 Å². The SMILES string of the molecule is COc1ccc(Br)cc1CN(C)C(=O)C1C=CC(N)C1. The van der Waals surface area contributed by atoms with Gasteiger partial charge in [-0.15, -0.1) is 0 Å². The first-order chi connectivity index (χ1) is 9.51. The zero-order valence-electron chi connectivity index (χ0n) is 11.7. The van der Waals surface area contributed by atoms with Crippen molar-refractivity contribution in [1.29, 1.82) is 0 Å². The molecule has 0 bridgehead atoms. The molecule has 1 aliphatic rings. The average Bonchev–Trinajstić information content (AvgIpc) is 2.84. The molecule has 20 heavy (non-hydrogen) atoms. The third-order valence-corrected chi connectivity index (χ3v) is 3.95. The summed E-state index contributed by atoms with van der Waals surface area (Å²) in [6.07, 6.45) is 4.50. The highest BCUT2D eigenvalue weighted by Crippen LogP contribution is 2.25. The van der Waals surface area contributed by atoms with Crippen LogP contribution in [0.15, 0.2) is 34.8 Å². The number of benzene rings is 1. The van der Waals surface area contributed by atoms with Crippen molar-refractivity contribution in [3.63, 3.8) is 0 Å². The summed E-state index contributed by atoms with van der Waals surface area (Å²) < 4.78 is 6.30. The largest absolute Gasteiger partial charge is 0.496 e. The van der Waals surface area contributed by atoms with Crippen molar-refractivity contribution >= 4 is 21.8 Å². The van der Waals surface area contributed by atoms with Crippen molar-refractivity contribution in [3.8, 4) is 5.75 Å². The predicted octanol–water partition coefficient (Wildman–Crippen LogP) is 2.32. The van der Waals surface area contributed by atoms with Gasteiger partial charge in [0.15, 0.2) is 0 Å². The number of ether oxygens (including phenoxy) is 1. The Morgan fingerprint density at radius 3 is 2.85 bits per heavy atom. The molecule has 0 saturated heterocycles. The number of carbonyl (C=O) groups is 1. The van der Waals surface area contributed by atoms with Gasteiger partial charge in [0.1, 0.15) is 5.75 Å². The van der Waals surface area contributed by atoms with Gasteiger partial charge in [-0.1, -0.05) is 28.1 Å². The normalized spacial score (nSPS) is 21.0. The number of carbonyl (C=O) groups excluding carboxylic acids is 1. The molecule has 0 radical (unpaired) electrons. The highest BCUT2D eigenvalue weighted by atomic mass is 79.9. The van der Waals surface area contributed by atoms with Crippen molar-refractivity contribution in [2.24, 2.45) is 11.7 Å². The highest BCUT2D eigenvalue weighted by molar-refractivity contribution is 9.10. The number of hydrogen-bond acceptors (Lipinski definition) is 3. The lowest BCUT2D eigenvalue weighted by Gasteiger charge is -2.22. The molecule has 2 unspecified atom stereocenters. The first-order valence-electron chi connectivity index (χ1n) is 6.52. The van der Waals surface area contributed by atoms with Crippen LogP contribution in [-0.2, 0) is 11.3 Å². The van der Waals surface area contributed by atoms with Crippen LogP contribution in [-0.4, -0.2) is 31.0 Å². The molecule has 0 heterocycles. The van der Waals surface area contributed by atoms with E-state index in [1.165, 1.54) is 0 Å². The lowest BCUT2D eigenvalue weighted by atomic mass is 10.1. The Bertz CT molecular complexity index is 531. The quantitative estimate of drug-likeness (QED) is 0.857. The first kappa shape index (κ1) is 15.1. The Balaban J connectivity index is 2.07. The molecule has 4 nitrogen and oxygen atoms in total. The van der Waals surface area contributed by atoms with Crippen molar-refractivity contribution in [3.05, 3.63) is 40.4 Å². The van der Waals surface area contributed by atoms with Crippen LogP contribution in [0.1, 0.15) is 12.0 Å². The maximum absolute atomic E-state index is 12.3. The molecule has 108 valence electrons. The standard InChI is InChI=1S/C15H19BrN2O2/c1-18(15(19)10-3-5-13(17)8-10)9-11-7-12(16)4-6-14(11)20-2/h3-7,10,13H,8-9,17H2,1-2H3. The fourth-order valence-corrected chi connectivity index (χ4v) is 2.81. The minimum absolute atomic E-state index is 0.00208. The summed E-state index contributed by atoms with van der Waals surface area (Å²) in [4.78, 5) is 14.1. The molecular weight excluding hydrogens is 320 g/mol. The van der Waals surface area contributed by atoms with Gasteiger partial charge in [-0.3, -0.25) is 4.79 Å². The molecule has 0 fully saturated rings. The van der Waals surface area contributed by atoms with E-state index >= 15 is 0 Å². The van der Waals surface area contributed by atoms with Gasteiger partial charge in [-0.2, -0.15) is 0 Å². The topological polar surface area (TPSA) is 55.6 Å². The lowest BCUT2D eigenvalue weighted by Crippen LogP contribution is -2.32. The Morgan fingerprint density at radius 2 is 2.25 bits per heavy atom. The number of halogens is 1. The van der Waals surface area contributed by atoms with E-state index in [-0.39, 0.29) is 17.9 Å². The molecular formula is C15H19BrN2O2. The van der Waals surface area contributed by atoms with Gasteiger partial charge in [0.05, 0.1) is 13.0 Å². The summed E-state index contributed by atoms with van der Waals surface area (Å²) in [6, 6.07) is 5.78. The summed E-state index contributed by atoms with van der Waals surface area (Å²) in [6.45, 7) is 0.515. The second-order valence-corrected chi connectivity index (χ2v) is 5.96. The van der Waals surface area contributed by atoms with Crippen molar-refractivity contribution < 1.29 is 9.53 Å². The Kier molecular flexibility index (Phi) is 4.83. The fourth-order valence-electron chi connectivity index (χ4n) is 2.40. The third-order valence-electron chi connectivity index (χ3n) is 3.46. The molecule has 0 spiro atoms. The molecule has 2 rings (SSSR count). The summed E-state index contributed by atoms with van der Waals surface area (Å²) in [7, 11) is 3.44. The number of amides is 1. The van der Waals surface area contributed by atoms with Gasteiger partial charge in [0.2, 0.25) is 5.91 Å². The molecule has 0 aromatic heterocycles. The van der Waals surface area contributed by atoms with E-state index in [4.69, 9.17) is 10.5 Å². The molecule has 1 aromatic rings. The van der Waals surface area contributed by atoms with Crippen LogP contribution in [0.25, 0.3) is 0 Å². The van der Waals surface area contributed by atoms with Gasteiger partial charge in [-0.25, -0.2) is 0 Å². The van der Waals surface area contributed by atoms with E-state index in [0.29, 0.717) is 13.0 Å². The van der Waals surface area contributed by atoms with E-state index < -0.39 is 0 Å². The molecule has 1 amide bonds. The third kappa shape index (κ3) is 3.41. The number of hydrogen-bond donors (Lipinski definition) is 1. The smallest absolute Gasteiger partial charge is 0.229 e. The minimum atomic E-state index is -0.104. The molecule has 2 atom stereocenters. The molecule has 1 aromatic carbocycles. The van der Waals surface area contributed by atoms with Crippen molar-refractivity contribution in [1.82, 2.24) is 4.90 Å². The summed E-state index contributed by atoms with van der Waals surface area (Å²) in [5.41, 5.74) is 6.77. The van der Waals surface area contributed by atoms with Crippen LogP contribution in [0.5, 0.6) is 5.75 Å². The zero-order chi connectivity index (χ0) is 14.7. The van der Waals surface area contributed by atoms with Crippen molar-refractivity contribution in [2.45, 2.75) is 19.0 Å². The van der Waals surface area contributed by atoms with E-state index in [0.717, 1.165) is 15.8 Å². The molecule has 0 aliphatic heterocycles. The zero-order valence-corrected chi connectivity index (χ0v) is 13.3. The predicted molar refractivity (Wildman–Crippen MR) is 82.4 cm³/mol. The monoisotopic (exact) mass is 338 g/mol. The first-order valence-corrected chi connectivity index (χ1v) is 7.32. The van der Waals surface area contributed by atoms with Crippen LogP contribution in [0.4, 0.5) is 0 Å².